The zero-order valence-electron chi connectivity index (χ0n) is 25.0. The minimum Gasteiger partial charge on any atom is -0.465 e. The lowest BCUT2D eigenvalue weighted by Crippen LogP contribution is -2.61. The van der Waals surface area contributed by atoms with Crippen molar-refractivity contribution < 1.29 is 23.9 Å². The molecule has 1 aromatic carbocycles. The standard InChI is InChI=1S/C28H45ClN4O5Si/c1-17(2)39(18(3)4,19(5)6)38-24-16-33(12-11-22(24)32(10)27(35)36)23-14-20(15-30)13-21(25(23)29)31-26(34)37-28(7,8)9/h13-14,17-19,22,24H,11-12,16H2,1-10H3,(H,31,34)(H,35,36)/t22-,24+/m1/s1. The van der Waals surface area contributed by atoms with E-state index in [-0.39, 0.29) is 16.8 Å². The van der Waals surface area contributed by atoms with E-state index in [0.717, 1.165) is 0 Å². The zero-order chi connectivity index (χ0) is 29.9. The Kier molecular flexibility index (Phi) is 10.7. The first-order valence-corrected chi connectivity index (χ1v) is 16.1. The van der Waals surface area contributed by atoms with Crippen molar-refractivity contribution in [3.05, 3.63) is 22.7 Å². The van der Waals surface area contributed by atoms with Crippen LogP contribution in [-0.2, 0) is 9.16 Å². The highest BCUT2D eigenvalue weighted by molar-refractivity contribution is 6.77. The molecule has 1 aromatic rings. The van der Waals surface area contributed by atoms with Gasteiger partial charge in [-0.2, -0.15) is 5.26 Å². The SMILES string of the molecule is CC(C)[Si](O[C@H]1CN(c2cc(C#N)cc(NC(=O)OC(C)(C)C)c2Cl)CC[C@H]1N(C)C(=O)O)(C(C)C)C(C)C. The van der Waals surface area contributed by atoms with Crippen molar-refractivity contribution in [3.63, 3.8) is 0 Å². The summed E-state index contributed by atoms with van der Waals surface area (Å²) < 4.78 is 12.5. The van der Waals surface area contributed by atoms with Gasteiger partial charge in [0.05, 0.1) is 40.2 Å². The van der Waals surface area contributed by atoms with E-state index in [1.54, 1.807) is 33.9 Å². The molecule has 0 aromatic heterocycles. The summed E-state index contributed by atoms with van der Waals surface area (Å²) in [5, 5.41) is 22.5. The van der Waals surface area contributed by atoms with E-state index in [1.807, 2.05) is 4.90 Å². The van der Waals surface area contributed by atoms with Crippen molar-refractivity contribution in [1.29, 1.82) is 5.26 Å². The summed E-state index contributed by atoms with van der Waals surface area (Å²) in [4.78, 5) is 27.9. The first-order chi connectivity index (χ1) is 17.9. The monoisotopic (exact) mass is 580 g/mol. The molecule has 1 heterocycles. The van der Waals surface area contributed by atoms with Crippen molar-refractivity contribution >= 4 is 43.5 Å². The molecule has 0 aliphatic carbocycles. The lowest BCUT2D eigenvalue weighted by Gasteiger charge is -2.50. The lowest BCUT2D eigenvalue weighted by atomic mass is 9.99. The summed E-state index contributed by atoms with van der Waals surface area (Å²) in [5.74, 6) is 0. The van der Waals surface area contributed by atoms with Gasteiger partial charge in [0.15, 0.2) is 0 Å². The topological polar surface area (TPSA) is 115 Å². The second kappa shape index (κ2) is 12.8. The third-order valence-electron chi connectivity index (χ3n) is 7.54. The molecule has 2 amide bonds. The van der Waals surface area contributed by atoms with Crippen LogP contribution in [-0.4, -0.2) is 68.4 Å². The zero-order valence-corrected chi connectivity index (χ0v) is 26.7. The van der Waals surface area contributed by atoms with Gasteiger partial charge >= 0.3 is 12.2 Å². The van der Waals surface area contributed by atoms with Crippen LogP contribution in [0.25, 0.3) is 0 Å². The van der Waals surface area contributed by atoms with Gasteiger partial charge in [-0.1, -0.05) is 53.1 Å². The Labute approximate surface area is 239 Å². The number of ether oxygens (including phenoxy) is 1. The maximum Gasteiger partial charge on any atom is 0.412 e. The van der Waals surface area contributed by atoms with E-state index in [9.17, 15) is 20.0 Å². The van der Waals surface area contributed by atoms with Gasteiger partial charge in [-0.3, -0.25) is 5.32 Å². The first kappa shape index (κ1) is 32.7. The van der Waals surface area contributed by atoms with Crippen LogP contribution in [0.15, 0.2) is 12.1 Å². The molecule has 2 rings (SSSR count). The number of benzene rings is 1. The average molecular weight is 581 g/mol. The number of likely N-dealkylation sites (N-methyl/N-ethyl adjacent to an activating group) is 1. The molecule has 2 atom stereocenters. The summed E-state index contributed by atoms with van der Waals surface area (Å²) in [7, 11) is -0.768. The number of hydrogen-bond acceptors (Lipinski definition) is 6. The van der Waals surface area contributed by atoms with Gasteiger partial charge in [-0.25, -0.2) is 9.59 Å². The number of piperidine rings is 1. The second-order valence-electron chi connectivity index (χ2n) is 12.3. The molecule has 0 saturated carbocycles. The minimum absolute atomic E-state index is 0.275. The van der Waals surface area contributed by atoms with E-state index in [4.69, 9.17) is 20.8 Å². The number of rotatable bonds is 8. The number of amides is 2. The summed E-state index contributed by atoms with van der Waals surface area (Å²) in [5.41, 5.74) is 1.44. The van der Waals surface area contributed by atoms with Crippen LogP contribution < -0.4 is 10.2 Å². The van der Waals surface area contributed by atoms with Crippen molar-refractivity contribution in [3.8, 4) is 6.07 Å². The number of carbonyl (C=O) groups excluding carboxylic acids is 1. The Morgan fingerprint density at radius 3 is 2.21 bits per heavy atom. The molecule has 2 N–H and O–H groups in total. The molecule has 0 radical (unpaired) electrons. The third-order valence-corrected chi connectivity index (χ3v) is 14.1. The number of nitriles is 1. The fraction of sp³-hybridized carbons (Fsp3) is 0.679. The van der Waals surface area contributed by atoms with E-state index in [0.29, 0.717) is 47.4 Å². The fourth-order valence-corrected chi connectivity index (χ4v) is 11.8. The van der Waals surface area contributed by atoms with E-state index in [1.165, 1.54) is 11.0 Å². The first-order valence-electron chi connectivity index (χ1n) is 13.6. The van der Waals surface area contributed by atoms with Gasteiger partial charge in [-0.15, -0.1) is 0 Å². The van der Waals surface area contributed by atoms with E-state index in [2.05, 4.69) is 52.9 Å². The molecule has 1 saturated heterocycles. The molecule has 0 unspecified atom stereocenters. The van der Waals surface area contributed by atoms with Crippen molar-refractivity contribution in [2.24, 2.45) is 0 Å². The summed E-state index contributed by atoms with van der Waals surface area (Å²) in [6.45, 7) is 19.4. The largest absolute Gasteiger partial charge is 0.465 e. The van der Waals surface area contributed by atoms with Crippen LogP contribution in [0.1, 0.15) is 74.3 Å². The Bertz CT molecular complexity index is 1060. The average Bonchev–Trinajstić information content (AvgIpc) is 2.81. The van der Waals surface area contributed by atoms with Crippen LogP contribution in [0.2, 0.25) is 21.6 Å². The Morgan fingerprint density at radius 2 is 1.74 bits per heavy atom. The molecular weight excluding hydrogens is 536 g/mol. The molecular formula is C28H45ClN4O5Si. The van der Waals surface area contributed by atoms with Crippen molar-refractivity contribution in [1.82, 2.24) is 4.90 Å². The van der Waals surface area contributed by atoms with Crippen LogP contribution in [0, 0.1) is 11.3 Å². The molecule has 9 nitrogen and oxygen atoms in total. The summed E-state index contributed by atoms with van der Waals surface area (Å²) in [6, 6.07) is 5.02. The van der Waals surface area contributed by atoms with Gasteiger partial charge in [0.2, 0.25) is 8.32 Å². The van der Waals surface area contributed by atoms with Gasteiger partial charge in [0, 0.05) is 20.1 Å². The molecule has 1 aliphatic heterocycles. The predicted molar refractivity (Wildman–Crippen MR) is 158 cm³/mol. The van der Waals surface area contributed by atoms with Crippen molar-refractivity contribution in [2.75, 3.05) is 30.4 Å². The Balaban J connectivity index is 2.53. The minimum atomic E-state index is -2.36. The maximum atomic E-state index is 12.5. The van der Waals surface area contributed by atoms with Crippen LogP contribution in [0.5, 0.6) is 0 Å². The molecule has 39 heavy (non-hydrogen) atoms. The number of halogens is 1. The second-order valence-corrected chi connectivity index (χ2v) is 18.0. The summed E-state index contributed by atoms with van der Waals surface area (Å²) >= 11 is 6.81. The lowest BCUT2D eigenvalue weighted by molar-refractivity contribution is 0.0536. The van der Waals surface area contributed by atoms with Gasteiger partial charge in [0.1, 0.15) is 5.60 Å². The van der Waals surface area contributed by atoms with Crippen LogP contribution >= 0.6 is 11.6 Å². The maximum absolute atomic E-state index is 12.5. The van der Waals surface area contributed by atoms with Crippen molar-refractivity contribution in [2.45, 2.75) is 103 Å². The van der Waals surface area contributed by atoms with Crippen LogP contribution in [0.4, 0.5) is 21.0 Å². The quantitative estimate of drug-likeness (QED) is 0.310. The van der Waals surface area contributed by atoms with E-state index >= 15 is 0 Å². The highest BCUT2D eigenvalue weighted by atomic mass is 35.5. The number of anilines is 2. The van der Waals surface area contributed by atoms with Gasteiger partial charge < -0.3 is 24.1 Å². The highest BCUT2D eigenvalue weighted by Crippen LogP contribution is 2.45. The summed E-state index contributed by atoms with van der Waals surface area (Å²) in [6.07, 6.45) is -1.55. The molecule has 11 heteroatoms. The predicted octanol–water partition coefficient (Wildman–Crippen LogP) is 7.31. The van der Waals surface area contributed by atoms with Gasteiger partial charge in [-0.05, 0) is 55.9 Å². The smallest absolute Gasteiger partial charge is 0.412 e. The third kappa shape index (κ3) is 7.59. The van der Waals surface area contributed by atoms with E-state index < -0.39 is 32.2 Å². The molecule has 0 bridgehead atoms. The molecule has 1 aliphatic rings. The number of hydrogen-bond donors (Lipinski definition) is 2. The highest BCUT2D eigenvalue weighted by Gasteiger charge is 2.49. The Morgan fingerprint density at radius 1 is 1.18 bits per heavy atom. The number of carbonyl (C=O) groups is 2. The number of nitrogens with zero attached hydrogens (tertiary/aromatic N) is 3. The van der Waals surface area contributed by atoms with Gasteiger partial charge in [0.25, 0.3) is 0 Å². The fourth-order valence-electron chi connectivity index (χ4n) is 5.90. The number of carboxylic acid groups (broad SMARTS) is 1. The Hall–Kier alpha value is -2.48. The molecule has 1 fully saturated rings. The number of nitrogens with one attached hydrogen (secondary N) is 1. The molecule has 0 spiro atoms. The molecule has 218 valence electrons. The normalized spacial score (nSPS) is 18.3. The van der Waals surface area contributed by atoms with Crippen LogP contribution in [0.3, 0.4) is 0 Å².